The van der Waals surface area contributed by atoms with Crippen molar-refractivity contribution in [2.75, 3.05) is 7.11 Å². The molecule has 0 aliphatic heterocycles. The lowest BCUT2D eigenvalue weighted by molar-refractivity contribution is -0.137. The standard InChI is InChI=1S/C14H10F3N3OS2/c1-21-18-8-11-12(19-13-20(11)5-6-22-13)23-10-4-2-3-9(7-10)14(15,16)17/h2-8H,1H3/b18-8-. The van der Waals surface area contributed by atoms with Crippen LogP contribution in [-0.4, -0.2) is 22.7 Å². The highest BCUT2D eigenvalue weighted by Crippen LogP contribution is 2.35. The summed E-state index contributed by atoms with van der Waals surface area (Å²) in [6.45, 7) is 0. The number of hydrogen-bond donors (Lipinski definition) is 0. The Morgan fingerprint density at radius 2 is 2.22 bits per heavy atom. The molecule has 0 amide bonds. The molecule has 0 aliphatic carbocycles. The molecular formula is C14H10F3N3OS2. The van der Waals surface area contributed by atoms with Gasteiger partial charge in [-0.2, -0.15) is 13.2 Å². The molecule has 0 saturated carbocycles. The predicted octanol–water partition coefficient (Wildman–Crippen LogP) is 4.55. The molecule has 0 saturated heterocycles. The molecule has 2 aromatic heterocycles. The minimum absolute atomic E-state index is 0.456. The molecule has 3 rings (SSSR count). The second-order valence-corrected chi connectivity index (χ2v) is 6.34. The number of rotatable bonds is 4. The van der Waals surface area contributed by atoms with E-state index < -0.39 is 11.7 Å². The molecule has 120 valence electrons. The molecule has 0 unspecified atom stereocenters. The first-order valence-corrected chi connectivity index (χ1v) is 8.06. The third-order valence-electron chi connectivity index (χ3n) is 2.92. The number of hydrogen-bond acceptors (Lipinski definition) is 5. The summed E-state index contributed by atoms with van der Waals surface area (Å²) < 4.78 is 40.2. The summed E-state index contributed by atoms with van der Waals surface area (Å²) in [6.07, 6.45) is -1.06. The van der Waals surface area contributed by atoms with Gasteiger partial charge in [-0.05, 0) is 18.2 Å². The maximum atomic E-state index is 12.8. The van der Waals surface area contributed by atoms with E-state index in [1.807, 2.05) is 16.0 Å². The van der Waals surface area contributed by atoms with Crippen molar-refractivity contribution in [1.82, 2.24) is 9.38 Å². The van der Waals surface area contributed by atoms with Gasteiger partial charge in [0.15, 0.2) is 4.96 Å². The topological polar surface area (TPSA) is 38.9 Å². The fourth-order valence-electron chi connectivity index (χ4n) is 1.93. The summed E-state index contributed by atoms with van der Waals surface area (Å²) in [6, 6.07) is 5.15. The second kappa shape index (κ2) is 6.25. The summed E-state index contributed by atoms with van der Waals surface area (Å²) in [5.41, 5.74) is -0.0267. The van der Waals surface area contributed by atoms with Gasteiger partial charge in [-0.3, -0.25) is 4.40 Å². The number of aromatic nitrogens is 2. The van der Waals surface area contributed by atoms with Gasteiger partial charge in [0.25, 0.3) is 0 Å². The van der Waals surface area contributed by atoms with E-state index in [1.165, 1.54) is 30.7 Å². The van der Waals surface area contributed by atoms with Gasteiger partial charge in [-0.15, -0.1) is 11.3 Å². The predicted molar refractivity (Wildman–Crippen MR) is 83.2 cm³/mol. The fourth-order valence-corrected chi connectivity index (χ4v) is 3.65. The third kappa shape index (κ3) is 3.35. The van der Waals surface area contributed by atoms with Crippen molar-refractivity contribution in [2.24, 2.45) is 5.16 Å². The molecule has 3 aromatic rings. The van der Waals surface area contributed by atoms with E-state index >= 15 is 0 Å². The maximum absolute atomic E-state index is 12.8. The highest BCUT2D eigenvalue weighted by Gasteiger charge is 2.30. The molecule has 0 atom stereocenters. The van der Waals surface area contributed by atoms with E-state index in [0.29, 0.717) is 15.6 Å². The first kappa shape index (κ1) is 15.9. The number of thiazole rings is 1. The molecule has 23 heavy (non-hydrogen) atoms. The monoisotopic (exact) mass is 357 g/mol. The number of benzene rings is 1. The first-order chi connectivity index (χ1) is 11.0. The van der Waals surface area contributed by atoms with Crippen LogP contribution in [0, 0.1) is 0 Å². The van der Waals surface area contributed by atoms with E-state index in [1.54, 1.807) is 6.07 Å². The van der Waals surface area contributed by atoms with E-state index in [9.17, 15) is 13.2 Å². The van der Waals surface area contributed by atoms with Crippen LogP contribution in [0.1, 0.15) is 11.3 Å². The summed E-state index contributed by atoms with van der Waals surface area (Å²) in [5.74, 6) is 0. The first-order valence-electron chi connectivity index (χ1n) is 6.36. The third-order valence-corrected chi connectivity index (χ3v) is 4.66. The maximum Gasteiger partial charge on any atom is 0.416 e. The average molecular weight is 357 g/mol. The van der Waals surface area contributed by atoms with Crippen molar-refractivity contribution in [3.05, 3.63) is 47.1 Å². The molecule has 9 heteroatoms. The highest BCUT2D eigenvalue weighted by atomic mass is 32.2. The van der Waals surface area contributed by atoms with Gasteiger partial charge in [-0.1, -0.05) is 23.0 Å². The number of alkyl halides is 3. The van der Waals surface area contributed by atoms with Crippen LogP contribution in [-0.2, 0) is 11.0 Å². The van der Waals surface area contributed by atoms with Crippen molar-refractivity contribution in [1.29, 1.82) is 0 Å². The Bertz CT molecular complexity index is 854. The zero-order valence-electron chi connectivity index (χ0n) is 11.7. The normalized spacial score (nSPS) is 12.3. The van der Waals surface area contributed by atoms with Crippen LogP contribution in [0.15, 0.2) is 50.9 Å². The molecule has 0 fully saturated rings. The second-order valence-electron chi connectivity index (χ2n) is 4.40. The molecule has 0 radical (unpaired) electrons. The van der Waals surface area contributed by atoms with E-state index in [0.717, 1.165) is 28.9 Å². The van der Waals surface area contributed by atoms with Crippen LogP contribution >= 0.6 is 23.1 Å². The SMILES string of the molecule is CO/N=C\c1c(Sc2cccc(C(F)(F)F)c2)nc2sccn12. The largest absolute Gasteiger partial charge is 0.416 e. The van der Waals surface area contributed by atoms with Crippen molar-refractivity contribution in [2.45, 2.75) is 16.1 Å². The smallest absolute Gasteiger partial charge is 0.399 e. The van der Waals surface area contributed by atoms with Gasteiger partial charge in [0.1, 0.15) is 17.8 Å². The van der Waals surface area contributed by atoms with Crippen molar-refractivity contribution in [3.63, 3.8) is 0 Å². The molecule has 0 aliphatic rings. The van der Waals surface area contributed by atoms with Gasteiger partial charge in [0, 0.05) is 16.5 Å². The lowest BCUT2D eigenvalue weighted by Crippen LogP contribution is -2.04. The Labute approximate surface area is 137 Å². The molecule has 0 bridgehead atoms. The molecule has 0 spiro atoms. The molecule has 2 heterocycles. The van der Waals surface area contributed by atoms with Crippen molar-refractivity contribution >= 4 is 34.3 Å². The number of imidazole rings is 1. The number of halogens is 3. The zero-order chi connectivity index (χ0) is 16.4. The molecule has 1 aromatic carbocycles. The minimum Gasteiger partial charge on any atom is -0.399 e. The van der Waals surface area contributed by atoms with Crippen LogP contribution in [0.4, 0.5) is 13.2 Å². The fraction of sp³-hybridized carbons (Fsp3) is 0.143. The van der Waals surface area contributed by atoms with Gasteiger partial charge >= 0.3 is 6.18 Å². The van der Waals surface area contributed by atoms with Gasteiger partial charge in [0.05, 0.1) is 11.8 Å². The van der Waals surface area contributed by atoms with Crippen molar-refractivity contribution in [3.8, 4) is 0 Å². The Morgan fingerprint density at radius 1 is 1.39 bits per heavy atom. The van der Waals surface area contributed by atoms with Gasteiger partial charge < -0.3 is 4.84 Å². The number of fused-ring (bicyclic) bond motifs is 1. The summed E-state index contributed by atoms with van der Waals surface area (Å²) in [4.78, 5) is 10.3. The van der Waals surface area contributed by atoms with E-state index in [2.05, 4.69) is 15.0 Å². The molecule has 4 nitrogen and oxygen atoms in total. The van der Waals surface area contributed by atoms with Gasteiger partial charge in [-0.25, -0.2) is 4.98 Å². The Kier molecular flexibility index (Phi) is 4.31. The average Bonchev–Trinajstić information content (AvgIpc) is 3.06. The van der Waals surface area contributed by atoms with E-state index in [4.69, 9.17) is 0 Å². The Hall–Kier alpha value is -2.00. The number of nitrogens with zero attached hydrogens (tertiary/aromatic N) is 3. The molecular weight excluding hydrogens is 347 g/mol. The minimum atomic E-state index is -4.37. The van der Waals surface area contributed by atoms with Crippen LogP contribution in [0.5, 0.6) is 0 Å². The zero-order valence-corrected chi connectivity index (χ0v) is 13.4. The number of oxime groups is 1. The quantitative estimate of drug-likeness (QED) is 0.508. The van der Waals surface area contributed by atoms with Gasteiger partial charge in [0.2, 0.25) is 0 Å². The summed E-state index contributed by atoms with van der Waals surface area (Å²) in [5, 5.41) is 6.16. The van der Waals surface area contributed by atoms with E-state index in [-0.39, 0.29) is 0 Å². The highest BCUT2D eigenvalue weighted by molar-refractivity contribution is 7.99. The van der Waals surface area contributed by atoms with Crippen LogP contribution in [0.25, 0.3) is 4.96 Å². The summed E-state index contributed by atoms with van der Waals surface area (Å²) in [7, 11) is 1.42. The molecule has 0 N–H and O–H groups in total. The lowest BCUT2D eigenvalue weighted by atomic mass is 10.2. The Morgan fingerprint density at radius 3 is 2.96 bits per heavy atom. The van der Waals surface area contributed by atoms with Crippen LogP contribution < -0.4 is 0 Å². The van der Waals surface area contributed by atoms with Crippen LogP contribution in [0.2, 0.25) is 0 Å². The Balaban J connectivity index is 1.98. The summed E-state index contributed by atoms with van der Waals surface area (Å²) >= 11 is 2.58. The lowest BCUT2D eigenvalue weighted by Gasteiger charge is -2.07. The van der Waals surface area contributed by atoms with Crippen molar-refractivity contribution < 1.29 is 18.0 Å². The van der Waals surface area contributed by atoms with Crippen LogP contribution in [0.3, 0.4) is 0 Å².